The predicted molar refractivity (Wildman–Crippen MR) is 44.7 cm³/mol. The van der Waals surface area contributed by atoms with E-state index in [1.807, 2.05) is 13.8 Å². The van der Waals surface area contributed by atoms with Crippen LogP contribution in [-0.2, 0) is 14.3 Å². The van der Waals surface area contributed by atoms with Crippen molar-refractivity contribution in [3.63, 3.8) is 0 Å². The molecule has 0 N–H and O–H groups in total. The van der Waals surface area contributed by atoms with Crippen LogP contribution < -0.4 is 0 Å². The van der Waals surface area contributed by atoms with E-state index in [4.69, 9.17) is 9.47 Å². The maximum absolute atomic E-state index is 11.2. The molecule has 1 fully saturated rings. The van der Waals surface area contributed by atoms with E-state index in [1.165, 1.54) is 0 Å². The van der Waals surface area contributed by atoms with Crippen LogP contribution >= 0.6 is 0 Å². The molecule has 0 aliphatic carbocycles. The molecule has 68 valence electrons. The molecular formula is C9H14O3. The summed E-state index contributed by atoms with van der Waals surface area (Å²) in [6.07, 6.45) is 2.67. The Bertz CT molecular complexity index is 192. The minimum atomic E-state index is -0.212. The topological polar surface area (TPSA) is 38.8 Å². The van der Waals surface area contributed by atoms with Crippen molar-refractivity contribution in [2.24, 2.45) is 0 Å². The number of hydrogen-bond donors (Lipinski definition) is 0. The lowest BCUT2D eigenvalue weighted by atomic mass is 10.2. The first-order valence-corrected chi connectivity index (χ1v) is 4.21. The minimum absolute atomic E-state index is 0.156. The fourth-order valence-electron chi connectivity index (χ4n) is 0.892. The van der Waals surface area contributed by atoms with Gasteiger partial charge in [0.05, 0.1) is 6.61 Å². The van der Waals surface area contributed by atoms with Crippen molar-refractivity contribution in [3.05, 3.63) is 11.6 Å². The van der Waals surface area contributed by atoms with Gasteiger partial charge in [-0.1, -0.05) is 13.0 Å². The van der Waals surface area contributed by atoms with E-state index in [0.29, 0.717) is 6.61 Å². The molecule has 0 amide bonds. The molecule has 0 bridgehead atoms. The Balaban J connectivity index is 2.24. The second-order valence-electron chi connectivity index (χ2n) is 2.72. The van der Waals surface area contributed by atoms with Gasteiger partial charge in [-0.15, -0.1) is 0 Å². The van der Waals surface area contributed by atoms with Gasteiger partial charge in [0.2, 0.25) is 0 Å². The summed E-state index contributed by atoms with van der Waals surface area (Å²) in [4.78, 5) is 11.2. The standard InChI is InChI=1S/C9H14O3/c1-3-7(4-2)9(10)12-6-8-5-11-8/h3,8H,4-6H2,1-2H3. The fraction of sp³-hybridized carbons (Fsp3) is 0.667. The molecule has 3 heteroatoms. The van der Waals surface area contributed by atoms with Gasteiger partial charge in [0.25, 0.3) is 0 Å². The van der Waals surface area contributed by atoms with Crippen LogP contribution in [0.5, 0.6) is 0 Å². The molecule has 0 aromatic heterocycles. The third kappa shape index (κ3) is 2.66. The predicted octanol–water partition coefficient (Wildman–Crippen LogP) is 1.28. The number of rotatable bonds is 4. The Morgan fingerprint density at radius 1 is 1.75 bits per heavy atom. The van der Waals surface area contributed by atoms with Gasteiger partial charge in [0, 0.05) is 5.57 Å². The van der Waals surface area contributed by atoms with Crippen LogP contribution in [0.1, 0.15) is 20.3 Å². The molecule has 12 heavy (non-hydrogen) atoms. The highest BCUT2D eigenvalue weighted by atomic mass is 16.6. The van der Waals surface area contributed by atoms with E-state index in [9.17, 15) is 4.79 Å². The third-order valence-electron chi connectivity index (χ3n) is 1.79. The normalized spacial score (nSPS) is 22.2. The first-order valence-electron chi connectivity index (χ1n) is 4.21. The van der Waals surface area contributed by atoms with Crippen LogP contribution in [-0.4, -0.2) is 25.3 Å². The van der Waals surface area contributed by atoms with Crippen LogP contribution in [0.2, 0.25) is 0 Å². The van der Waals surface area contributed by atoms with Gasteiger partial charge in [-0.3, -0.25) is 0 Å². The molecule has 1 saturated heterocycles. The molecule has 0 saturated carbocycles. The van der Waals surface area contributed by atoms with Crippen molar-refractivity contribution in [1.82, 2.24) is 0 Å². The first-order chi connectivity index (χ1) is 5.77. The zero-order valence-electron chi connectivity index (χ0n) is 7.50. The molecule has 0 aromatic rings. The van der Waals surface area contributed by atoms with Gasteiger partial charge in [-0.2, -0.15) is 0 Å². The zero-order valence-corrected chi connectivity index (χ0v) is 7.50. The van der Waals surface area contributed by atoms with E-state index in [-0.39, 0.29) is 12.1 Å². The highest BCUT2D eigenvalue weighted by Gasteiger charge is 2.24. The van der Waals surface area contributed by atoms with E-state index < -0.39 is 0 Å². The summed E-state index contributed by atoms with van der Waals surface area (Å²) in [6.45, 7) is 4.90. The quantitative estimate of drug-likeness (QED) is 0.362. The molecule has 1 unspecified atom stereocenters. The number of allylic oxidation sites excluding steroid dienone is 1. The van der Waals surface area contributed by atoms with Crippen LogP contribution in [0, 0.1) is 0 Å². The largest absolute Gasteiger partial charge is 0.459 e. The highest BCUT2D eigenvalue weighted by Crippen LogP contribution is 2.10. The Labute approximate surface area is 72.4 Å². The lowest BCUT2D eigenvalue weighted by molar-refractivity contribution is -0.139. The van der Waals surface area contributed by atoms with Crippen LogP contribution in [0.15, 0.2) is 11.6 Å². The summed E-state index contributed by atoms with van der Waals surface area (Å²) >= 11 is 0. The average Bonchev–Trinajstić information content (AvgIpc) is 2.86. The van der Waals surface area contributed by atoms with Crippen molar-refractivity contribution in [1.29, 1.82) is 0 Å². The van der Waals surface area contributed by atoms with Crippen molar-refractivity contribution in [2.45, 2.75) is 26.4 Å². The minimum Gasteiger partial charge on any atom is -0.459 e. The Hall–Kier alpha value is -0.830. The first kappa shape index (κ1) is 9.26. The van der Waals surface area contributed by atoms with Crippen molar-refractivity contribution >= 4 is 5.97 Å². The Morgan fingerprint density at radius 3 is 2.83 bits per heavy atom. The average molecular weight is 170 g/mol. The van der Waals surface area contributed by atoms with Crippen LogP contribution in [0.3, 0.4) is 0 Å². The lowest BCUT2D eigenvalue weighted by Crippen LogP contribution is -2.11. The number of hydrogen-bond acceptors (Lipinski definition) is 3. The molecule has 0 radical (unpaired) electrons. The van der Waals surface area contributed by atoms with Gasteiger partial charge < -0.3 is 9.47 Å². The smallest absolute Gasteiger partial charge is 0.333 e. The molecule has 1 rings (SSSR count). The maximum Gasteiger partial charge on any atom is 0.333 e. The summed E-state index contributed by atoms with van der Waals surface area (Å²) < 4.78 is 9.89. The van der Waals surface area contributed by atoms with Crippen molar-refractivity contribution in [2.75, 3.05) is 13.2 Å². The van der Waals surface area contributed by atoms with Crippen molar-refractivity contribution in [3.8, 4) is 0 Å². The molecule has 3 nitrogen and oxygen atoms in total. The molecular weight excluding hydrogens is 156 g/mol. The number of epoxide rings is 1. The molecule has 0 spiro atoms. The number of carbonyl (C=O) groups is 1. The molecule has 1 aliphatic rings. The maximum atomic E-state index is 11.2. The van der Waals surface area contributed by atoms with Crippen molar-refractivity contribution < 1.29 is 14.3 Å². The van der Waals surface area contributed by atoms with Gasteiger partial charge in [-0.05, 0) is 13.3 Å². The summed E-state index contributed by atoms with van der Waals surface area (Å²) in [5.74, 6) is -0.212. The Kier molecular flexibility index (Phi) is 3.29. The molecule has 1 heterocycles. The lowest BCUT2D eigenvalue weighted by Gasteiger charge is -2.03. The summed E-state index contributed by atoms with van der Waals surface area (Å²) in [5, 5.41) is 0. The van der Waals surface area contributed by atoms with Gasteiger partial charge in [0.1, 0.15) is 12.7 Å². The number of esters is 1. The third-order valence-corrected chi connectivity index (χ3v) is 1.79. The van der Waals surface area contributed by atoms with Crippen LogP contribution in [0.4, 0.5) is 0 Å². The van der Waals surface area contributed by atoms with E-state index in [1.54, 1.807) is 6.08 Å². The highest BCUT2D eigenvalue weighted by molar-refractivity contribution is 5.88. The summed E-state index contributed by atoms with van der Waals surface area (Å²) in [5.41, 5.74) is 0.732. The van der Waals surface area contributed by atoms with Gasteiger partial charge in [0.15, 0.2) is 0 Å². The second kappa shape index (κ2) is 4.26. The van der Waals surface area contributed by atoms with E-state index in [2.05, 4.69) is 0 Å². The van der Waals surface area contributed by atoms with Crippen LogP contribution in [0.25, 0.3) is 0 Å². The molecule has 0 aromatic carbocycles. The summed E-state index contributed by atoms with van der Waals surface area (Å²) in [6, 6.07) is 0. The van der Waals surface area contributed by atoms with Gasteiger partial charge >= 0.3 is 5.97 Å². The number of ether oxygens (including phenoxy) is 2. The monoisotopic (exact) mass is 170 g/mol. The SMILES string of the molecule is CC=C(CC)C(=O)OCC1CO1. The van der Waals surface area contributed by atoms with E-state index in [0.717, 1.165) is 18.6 Å². The van der Waals surface area contributed by atoms with E-state index >= 15 is 0 Å². The van der Waals surface area contributed by atoms with Gasteiger partial charge in [-0.25, -0.2) is 4.79 Å². The zero-order chi connectivity index (χ0) is 8.97. The molecule has 1 atom stereocenters. The summed E-state index contributed by atoms with van der Waals surface area (Å²) in [7, 11) is 0. The Morgan fingerprint density at radius 2 is 2.42 bits per heavy atom. The number of carbonyl (C=O) groups excluding carboxylic acids is 1. The second-order valence-corrected chi connectivity index (χ2v) is 2.72. The fourth-order valence-corrected chi connectivity index (χ4v) is 0.892. The molecule has 1 aliphatic heterocycles.